The van der Waals surface area contributed by atoms with Gasteiger partial charge in [0.05, 0.1) is 6.07 Å². The highest BCUT2D eigenvalue weighted by Crippen LogP contribution is 2.27. The largest absolute Gasteiger partial charge is 0.303 e. The Morgan fingerprint density at radius 1 is 1.39 bits per heavy atom. The molecule has 1 saturated carbocycles. The van der Waals surface area contributed by atoms with Gasteiger partial charge >= 0.3 is 0 Å². The number of hydrogen-bond acceptors (Lipinski definition) is 3. The van der Waals surface area contributed by atoms with Crippen LogP contribution in [0.5, 0.6) is 0 Å². The third-order valence-electron chi connectivity index (χ3n) is 4.56. The average molecular weight is 251 g/mol. The molecular weight excluding hydrogens is 222 g/mol. The van der Waals surface area contributed by atoms with Crippen molar-refractivity contribution in [1.82, 2.24) is 10.2 Å². The number of rotatable bonds is 9. The molecule has 0 saturated heterocycles. The van der Waals surface area contributed by atoms with E-state index < -0.39 is 0 Å². The first-order valence-corrected chi connectivity index (χ1v) is 7.52. The van der Waals surface area contributed by atoms with Crippen molar-refractivity contribution in [1.29, 1.82) is 5.26 Å². The van der Waals surface area contributed by atoms with Crippen LogP contribution in [0.1, 0.15) is 52.4 Å². The average Bonchev–Trinajstić information content (AvgIpc) is 2.37. The quantitative estimate of drug-likeness (QED) is 0.685. The Bertz CT molecular complexity index is 261. The molecule has 0 amide bonds. The predicted molar refractivity (Wildman–Crippen MR) is 76.4 cm³/mol. The molecule has 0 aromatic carbocycles. The van der Waals surface area contributed by atoms with Crippen LogP contribution < -0.4 is 5.32 Å². The Morgan fingerprint density at radius 2 is 2.11 bits per heavy atom. The summed E-state index contributed by atoms with van der Waals surface area (Å²) in [4.78, 5) is 2.55. The summed E-state index contributed by atoms with van der Waals surface area (Å²) in [7, 11) is 1.90. The van der Waals surface area contributed by atoms with Crippen LogP contribution in [0.2, 0.25) is 0 Å². The van der Waals surface area contributed by atoms with E-state index in [0.29, 0.717) is 0 Å². The van der Waals surface area contributed by atoms with Gasteiger partial charge in [-0.25, -0.2) is 0 Å². The fraction of sp³-hybridized carbons (Fsp3) is 0.933. The number of nitrogens with zero attached hydrogens (tertiary/aromatic N) is 2. The van der Waals surface area contributed by atoms with Gasteiger partial charge in [0.1, 0.15) is 5.54 Å². The van der Waals surface area contributed by atoms with E-state index in [9.17, 15) is 5.26 Å². The van der Waals surface area contributed by atoms with Gasteiger partial charge in [0.2, 0.25) is 0 Å². The first-order valence-electron chi connectivity index (χ1n) is 7.52. The van der Waals surface area contributed by atoms with Crippen LogP contribution in [0, 0.1) is 17.2 Å². The van der Waals surface area contributed by atoms with Gasteiger partial charge in [-0.05, 0) is 58.2 Å². The zero-order valence-electron chi connectivity index (χ0n) is 12.3. The second-order valence-corrected chi connectivity index (χ2v) is 5.59. The smallest absolute Gasteiger partial charge is 0.106 e. The molecule has 0 radical (unpaired) electrons. The van der Waals surface area contributed by atoms with Crippen molar-refractivity contribution in [3.05, 3.63) is 0 Å². The molecule has 3 heteroatoms. The Balaban J connectivity index is 2.27. The molecule has 1 unspecified atom stereocenters. The van der Waals surface area contributed by atoms with Gasteiger partial charge in [-0.1, -0.05) is 20.3 Å². The van der Waals surface area contributed by atoms with Crippen LogP contribution in [0.4, 0.5) is 0 Å². The van der Waals surface area contributed by atoms with E-state index in [2.05, 4.69) is 30.1 Å². The number of nitrogens with one attached hydrogen (secondary N) is 1. The maximum absolute atomic E-state index is 9.27. The van der Waals surface area contributed by atoms with E-state index in [1.165, 1.54) is 25.8 Å². The van der Waals surface area contributed by atoms with E-state index in [0.717, 1.165) is 38.3 Å². The second-order valence-electron chi connectivity index (χ2n) is 5.59. The van der Waals surface area contributed by atoms with Crippen molar-refractivity contribution in [3.63, 3.8) is 0 Å². The van der Waals surface area contributed by atoms with Crippen molar-refractivity contribution < 1.29 is 0 Å². The summed E-state index contributed by atoms with van der Waals surface area (Å²) in [6.45, 7) is 7.88. The summed E-state index contributed by atoms with van der Waals surface area (Å²) in [5.41, 5.74) is -0.310. The monoisotopic (exact) mass is 251 g/mol. The molecule has 1 fully saturated rings. The summed E-state index contributed by atoms with van der Waals surface area (Å²) in [5.74, 6) is 0.946. The molecular formula is C15H29N3. The van der Waals surface area contributed by atoms with Crippen LogP contribution in [0.15, 0.2) is 0 Å². The minimum Gasteiger partial charge on any atom is -0.303 e. The van der Waals surface area contributed by atoms with Crippen molar-refractivity contribution in [2.75, 3.05) is 26.7 Å². The fourth-order valence-electron chi connectivity index (χ4n) is 2.69. The van der Waals surface area contributed by atoms with Gasteiger partial charge in [0.15, 0.2) is 0 Å². The molecule has 1 atom stereocenters. The van der Waals surface area contributed by atoms with Crippen LogP contribution in [-0.2, 0) is 0 Å². The van der Waals surface area contributed by atoms with Gasteiger partial charge in [0.25, 0.3) is 0 Å². The molecule has 0 heterocycles. The van der Waals surface area contributed by atoms with Gasteiger partial charge < -0.3 is 10.2 Å². The standard InChI is InChI=1S/C15H29N3/c1-4-15(13-16,17-3)10-7-11-18(5-2)12-14-8-6-9-14/h14,17H,4-12H2,1-3H3. The summed E-state index contributed by atoms with van der Waals surface area (Å²) >= 11 is 0. The minimum absolute atomic E-state index is 0.310. The zero-order valence-corrected chi connectivity index (χ0v) is 12.3. The zero-order chi connectivity index (χ0) is 13.4. The molecule has 1 aliphatic rings. The first-order chi connectivity index (χ1) is 8.69. The fourth-order valence-corrected chi connectivity index (χ4v) is 2.69. The van der Waals surface area contributed by atoms with E-state index in [-0.39, 0.29) is 5.54 Å². The van der Waals surface area contributed by atoms with Crippen molar-refractivity contribution >= 4 is 0 Å². The SMILES string of the molecule is CCN(CCCC(C#N)(CC)NC)CC1CCC1. The predicted octanol–water partition coefficient (Wildman–Crippen LogP) is 2.78. The van der Waals surface area contributed by atoms with E-state index in [1.54, 1.807) is 0 Å². The molecule has 1 aliphatic carbocycles. The summed E-state index contributed by atoms with van der Waals surface area (Å²) in [6, 6.07) is 2.44. The van der Waals surface area contributed by atoms with Gasteiger partial charge in [-0.3, -0.25) is 0 Å². The topological polar surface area (TPSA) is 39.1 Å². The third-order valence-corrected chi connectivity index (χ3v) is 4.56. The Hall–Kier alpha value is -0.590. The lowest BCUT2D eigenvalue weighted by Gasteiger charge is -2.32. The highest BCUT2D eigenvalue weighted by atomic mass is 15.1. The molecule has 1 N–H and O–H groups in total. The molecule has 1 rings (SSSR count). The summed E-state index contributed by atoms with van der Waals surface area (Å²) in [5, 5.41) is 12.5. The van der Waals surface area contributed by atoms with Gasteiger partial charge in [0, 0.05) is 6.54 Å². The molecule has 0 aromatic heterocycles. The summed E-state index contributed by atoms with van der Waals surface area (Å²) in [6.07, 6.45) is 7.22. The van der Waals surface area contributed by atoms with Crippen LogP contribution >= 0.6 is 0 Å². The number of nitriles is 1. The molecule has 0 aromatic rings. The molecule has 0 spiro atoms. The van der Waals surface area contributed by atoms with Crippen molar-refractivity contribution in [2.24, 2.45) is 5.92 Å². The second kappa shape index (κ2) is 7.76. The van der Waals surface area contributed by atoms with Crippen molar-refractivity contribution in [3.8, 4) is 6.07 Å². The molecule has 104 valence electrons. The molecule has 0 aliphatic heterocycles. The highest BCUT2D eigenvalue weighted by molar-refractivity contribution is 5.05. The van der Waals surface area contributed by atoms with Gasteiger partial charge in [-0.2, -0.15) is 5.26 Å². The molecule has 3 nitrogen and oxygen atoms in total. The highest BCUT2D eigenvalue weighted by Gasteiger charge is 2.25. The van der Waals surface area contributed by atoms with Crippen LogP contribution in [0.3, 0.4) is 0 Å². The lowest BCUT2D eigenvalue weighted by atomic mass is 9.85. The Morgan fingerprint density at radius 3 is 2.50 bits per heavy atom. The third kappa shape index (κ3) is 4.26. The van der Waals surface area contributed by atoms with Crippen LogP contribution in [0.25, 0.3) is 0 Å². The first kappa shape index (κ1) is 15.5. The van der Waals surface area contributed by atoms with Crippen molar-refractivity contribution in [2.45, 2.75) is 57.9 Å². The van der Waals surface area contributed by atoms with E-state index >= 15 is 0 Å². The van der Waals surface area contributed by atoms with Gasteiger partial charge in [-0.15, -0.1) is 0 Å². The Labute approximate surface area is 113 Å². The lowest BCUT2D eigenvalue weighted by Crippen LogP contribution is -2.42. The Kier molecular flexibility index (Phi) is 6.67. The molecule has 0 bridgehead atoms. The van der Waals surface area contributed by atoms with Crippen LogP contribution in [-0.4, -0.2) is 37.1 Å². The maximum Gasteiger partial charge on any atom is 0.106 e. The van der Waals surface area contributed by atoms with E-state index in [4.69, 9.17) is 0 Å². The number of hydrogen-bond donors (Lipinski definition) is 1. The minimum atomic E-state index is -0.310. The molecule has 18 heavy (non-hydrogen) atoms. The van der Waals surface area contributed by atoms with E-state index in [1.807, 2.05) is 7.05 Å². The maximum atomic E-state index is 9.27. The lowest BCUT2D eigenvalue weighted by molar-refractivity contribution is 0.178. The normalized spacial score (nSPS) is 19.3. The summed E-state index contributed by atoms with van der Waals surface area (Å²) < 4.78 is 0.